The molecule has 6 heteroatoms. The van der Waals surface area contributed by atoms with Gasteiger partial charge in [0.25, 0.3) is 0 Å². The first-order chi connectivity index (χ1) is 9.33. The van der Waals surface area contributed by atoms with Gasteiger partial charge in [0.15, 0.2) is 0 Å². The van der Waals surface area contributed by atoms with Gasteiger partial charge in [0.05, 0.1) is 5.41 Å². The molecule has 1 atom stereocenters. The molecule has 1 amide bonds. The Hall–Kier alpha value is -1.53. The highest BCUT2D eigenvalue weighted by atomic mass is 32.2. The number of carbonyl (C=O) groups is 2. The first-order valence-corrected chi connectivity index (χ1v) is 7.41. The topological polar surface area (TPSA) is 92.4 Å². The van der Waals surface area contributed by atoms with Gasteiger partial charge in [0.1, 0.15) is 6.04 Å². The number of rotatable bonds is 7. The maximum atomic E-state index is 12.2. The summed E-state index contributed by atoms with van der Waals surface area (Å²) in [5, 5.41) is 11.5. The number of hydrogen-bond donors (Lipinski definition) is 3. The van der Waals surface area contributed by atoms with Gasteiger partial charge in [-0.15, -0.1) is 0 Å². The molecule has 4 N–H and O–H groups in total. The molecule has 0 aliphatic rings. The molecule has 0 aliphatic carbocycles. The summed E-state index contributed by atoms with van der Waals surface area (Å²) in [5.74, 6) is -0.326. The third-order valence-electron chi connectivity index (χ3n) is 2.72. The molecule has 0 heterocycles. The van der Waals surface area contributed by atoms with E-state index in [1.54, 1.807) is 0 Å². The van der Waals surface area contributed by atoms with Crippen LogP contribution in [-0.2, 0) is 9.59 Å². The molecule has 0 spiro atoms. The molecule has 0 bridgehead atoms. The van der Waals surface area contributed by atoms with E-state index in [-0.39, 0.29) is 11.7 Å². The zero-order valence-electron chi connectivity index (χ0n) is 11.6. The summed E-state index contributed by atoms with van der Waals surface area (Å²) in [6, 6.07) is 8.33. The molecule has 0 saturated heterocycles. The lowest BCUT2D eigenvalue weighted by Gasteiger charge is -2.23. The molecule has 0 unspecified atom stereocenters. The lowest BCUT2D eigenvalue weighted by Crippen LogP contribution is -2.36. The van der Waals surface area contributed by atoms with Gasteiger partial charge in [-0.05, 0) is 12.1 Å². The van der Waals surface area contributed by atoms with E-state index in [1.165, 1.54) is 11.8 Å². The number of para-hydroxylation sites is 1. The van der Waals surface area contributed by atoms with Crippen LogP contribution in [-0.4, -0.2) is 34.5 Å². The number of carbonyl (C=O) groups excluding carboxylic acids is 1. The Morgan fingerprint density at radius 3 is 2.50 bits per heavy atom. The van der Waals surface area contributed by atoms with Crippen molar-refractivity contribution in [3.8, 4) is 0 Å². The zero-order chi connectivity index (χ0) is 15.2. The molecule has 1 rings (SSSR count). The maximum absolute atomic E-state index is 12.2. The molecule has 1 aromatic rings. The van der Waals surface area contributed by atoms with E-state index in [1.807, 2.05) is 44.2 Å². The summed E-state index contributed by atoms with van der Waals surface area (Å²) >= 11 is 1.37. The van der Waals surface area contributed by atoms with Crippen molar-refractivity contribution in [3.63, 3.8) is 0 Å². The summed E-state index contributed by atoms with van der Waals surface area (Å²) < 4.78 is 0. The van der Waals surface area contributed by atoms with Crippen molar-refractivity contribution in [2.45, 2.75) is 19.9 Å². The number of nitrogens with two attached hydrogens (primary N) is 1. The van der Waals surface area contributed by atoms with E-state index in [0.717, 1.165) is 5.69 Å². The number of thioether (sulfide) groups is 1. The van der Waals surface area contributed by atoms with Gasteiger partial charge in [0.2, 0.25) is 5.91 Å². The summed E-state index contributed by atoms with van der Waals surface area (Å²) in [4.78, 5) is 22.8. The van der Waals surface area contributed by atoms with Gasteiger partial charge < -0.3 is 16.2 Å². The third-order valence-corrected chi connectivity index (χ3v) is 4.24. The summed E-state index contributed by atoms with van der Waals surface area (Å²) in [5.41, 5.74) is 5.57. The second kappa shape index (κ2) is 7.31. The average Bonchev–Trinajstić information content (AvgIpc) is 2.39. The first kappa shape index (κ1) is 16.5. The fraction of sp³-hybridized carbons (Fsp3) is 0.429. The lowest BCUT2D eigenvalue weighted by molar-refractivity contribution is -0.137. The highest BCUT2D eigenvalue weighted by Gasteiger charge is 2.28. The van der Waals surface area contributed by atoms with Crippen molar-refractivity contribution in [2.24, 2.45) is 11.1 Å². The van der Waals surface area contributed by atoms with Crippen LogP contribution in [0.5, 0.6) is 0 Å². The van der Waals surface area contributed by atoms with Crippen LogP contribution >= 0.6 is 11.8 Å². The van der Waals surface area contributed by atoms with E-state index in [2.05, 4.69) is 5.32 Å². The van der Waals surface area contributed by atoms with Crippen LogP contribution in [0.15, 0.2) is 30.3 Å². The monoisotopic (exact) mass is 296 g/mol. The Labute approximate surface area is 122 Å². The van der Waals surface area contributed by atoms with Crippen LogP contribution in [0.1, 0.15) is 13.8 Å². The Morgan fingerprint density at radius 1 is 1.35 bits per heavy atom. The highest BCUT2D eigenvalue weighted by Crippen LogP contribution is 2.24. The SMILES string of the molecule is CC(C)(CSC[C@H](N)C(=O)O)C(=O)Nc1ccccc1. The fourth-order valence-corrected chi connectivity index (χ4v) is 2.56. The molecular weight excluding hydrogens is 276 g/mol. The molecule has 5 nitrogen and oxygen atoms in total. The number of amides is 1. The quantitative estimate of drug-likeness (QED) is 0.713. The van der Waals surface area contributed by atoms with Crippen molar-refractivity contribution < 1.29 is 14.7 Å². The van der Waals surface area contributed by atoms with Gasteiger partial charge >= 0.3 is 5.97 Å². The maximum Gasteiger partial charge on any atom is 0.321 e. The van der Waals surface area contributed by atoms with Gasteiger partial charge in [0, 0.05) is 17.2 Å². The summed E-state index contributed by atoms with van der Waals surface area (Å²) in [6.45, 7) is 3.65. The molecule has 20 heavy (non-hydrogen) atoms. The van der Waals surface area contributed by atoms with Gasteiger partial charge in [-0.1, -0.05) is 32.0 Å². The van der Waals surface area contributed by atoms with Crippen molar-refractivity contribution in [2.75, 3.05) is 16.8 Å². The minimum atomic E-state index is -1.02. The van der Waals surface area contributed by atoms with Crippen molar-refractivity contribution in [3.05, 3.63) is 30.3 Å². The number of hydrogen-bond acceptors (Lipinski definition) is 4. The molecule has 0 aliphatic heterocycles. The largest absolute Gasteiger partial charge is 0.480 e. The highest BCUT2D eigenvalue weighted by molar-refractivity contribution is 7.99. The Balaban J connectivity index is 2.47. The van der Waals surface area contributed by atoms with Crippen molar-refractivity contribution >= 4 is 29.3 Å². The molecule has 0 aromatic heterocycles. The van der Waals surface area contributed by atoms with E-state index >= 15 is 0 Å². The number of carboxylic acid groups (broad SMARTS) is 1. The van der Waals surface area contributed by atoms with Crippen molar-refractivity contribution in [1.82, 2.24) is 0 Å². The predicted octanol–water partition coefficient (Wildman–Crippen LogP) is 1.80. The molecule has 0 fully saturated rings. The number of aliphatic carboxylic acids is 1. The Bertz CT molecular complexity index is 463. The van der Waals surface area contributed by atoms with Crippen LogP contribution in [0.3, 0.4) is 0 Å². The molecule has 0 saturated carbocycles. The van der Waals surface area contributed by atoms with E-state index < -0.39 is 17.4 Å². The minimum absolute atomic E-state index is 0.0971. The van der Waals surface area contributed by atoms with Crippen LogP contribution in [0, 0.1) is 5.41 Å². The van der Waals surface area contributed by atoms with Gasteiger partial charge in [-0.3, -0.25) is 9.59 Å². The number of anilines is 1. The van der Waals surface area contributed by atoms with E-state index in [4.69, 9.17) is 10.8 Å². The summed E-state index contributed by atoms with van der Waals surface area (Å²) in [7, 11) is 0. The third kappa shape index (κ3) is 5.22. The number of benzene rings is 1. The minimum Gasteiger partial charge on any atom is -0.480 e. The van der Waals surface area contributed by atoms with Gasteiger partial charge in [-0.2, -0.15) is 11.8 Å². The molecule has 1 aromatic carbocycles. The molecular formula is C14H20N2O3S. The predicted molar refractivity (Wildman–Crippen MR) is 81.8 cm³/mol. The number of nitrogens with one attached hydrogen (secondary N) is 1. The molecule has 0 radical (unpaired) electrons. The van der Waals surface area contributed by atoms with E-state index in [9.17, 15) is 9.59 Å². The Morgan fingerprint density at radius 2 is 1.95 bits per heavy atom. The second-order valence-electron chi connectivity index (χ2n) is 5.16. The zero-order valence-corrected chi connectivity index (χ0v) is 12.4. The number of carboxylic acids is 1. The van der Waals surface area contributed by atoms with Crippen LogP contribution in [0.4, 0.5) is 5.69 Å². The molecule has 110 valence electrons. The van der Waals surface area contributed by atoms with Crippen LogP contribution in [0.2, 0.25) is 0 Å². The van der Waals surface area contributed by atoms with Crippen LogP contribution in [0.25, 0.3) is 0 Å². The lowest BCUT2D eigenvalue weighted by atomic mass is 9.95. The first-order valence-electron chi connectivity index (χ1n) is 6.25. The van der Waals surface area contributed by atoms with Crippen LogP contribution < -0.4 is 11.1 Å². The van der Waals surface area contributed by atoms with E-state index in [0.29, 0.717) is 5.75 Å². The standard InChI is InChI=1S/C14H20N2O3S/c1-14(2,9-20-8-11(15)12(17)18)13(19)16-10-6-4-3-5-7-10/h3-7,11H,8-9,15H2,1-2H3,(H,16,19)(H,17,18)/t11-/m0/s1. The van der Waals surface area contributed by atoms with Crippen molar-refractivity contribution in [1.29, 1.82) is 0 Å². The summed E-state index contributed by atoms with van der Waals surface area (Å²) in [6.07, 6.45) is 0. The smallest absolute Gasteiger partial charge is 0.321 e. The average molecular weight is 296 g/mol. The second-order valence-corrected chi connectivity index (χ2v) is 6.19. The normalized spacial score (nSPS) is 12.8. The fourth-order valence-electron chi connectivity index (χ4n) is 1.40. The Kier molecular flexibility index (Phi) is 6.04. The van der Waals surface area contributed by atoms with Gasteiger partial charge in [-0.25, -0.2) is 0 Å².